The van der Waals surface area contributed by atoms with Gasteiger partial charge in [-0.2, -0.15) is 0 Å². The molecular weight excluding hydrogens is 188 g/mol. The topological polar surface area (TPSA) is 55.1 Å². The second kappa shape index (κ2) is 4.97. The van der Waals surface area contributed by atoms with E-state index in [0.29, 0.717) is 12.5 Å². The lowest BCUT2D eigenvalue weighted by molar-refractivity contribution is -0.130. The van der Waals surface area contributed by atoms with E-state index in [2.05, 4.69) is 26.1 Å². The van der Waals surface area contributed by atoms with Crippen molar-refractivity contribution in [1.82, 2.24) is 5.32 Å². The fraction of sp³-hybridized carbons (Fsp3) is 0.917. The standard InChI is InChI=1S/C12H24N2O/c1-9(2)10(13)8-14-11(15)12(3)6-4-5-7-12/h9-10H,4-8,13H2,1-3H3,(H,14,15). The van der Waals surface area contributed by atoms with E-state index < -0.39 is 0 Å². The van der Waals surface area contributed by atoms with Gasteiger partial charge in [0, 0.05) is 18.0 Å². The first kappa shape index (κ1) is 12.5. The Bertz CT molecular complexity index is 220. The summed E-state index contributed by atoms with van der Waals surface area (Å²) in [4.78, 5) is 11.9. The van der Waals surface area contributed by atoms with Crippen LogP contribution in [-0.2, 0) is 4.79 Å². The molecule has 1 aliphatic rings. The molecule has 1 rings (SSSR count). The van der Waals surface area contributed by atoms with Crippen molar-refractivity contribution in [3.05, 3.63) is 0 Å². The first-order chi connectivity index (χ1) is 6.96. The van der Waals surface area contributed by atoms with E-state index in [1.165, 1.54) is 12.8 Å². The highest BCUT2D eigenvalue weighted by Crippen LogP contribution is 2.37. The molecule has 0 spiro atoms. The third kappa shape index (κ3) is 3.20. The van der Waals surface area contributed by atoms with Crippen LogP contribution in [0.3, 0.4) is 0 Å². The lowest BCUT2D eigenvalue weighted by Gasteiger charge is -2.24. The molecule has 0 aromatic rings. The second-order valence-corrected chi connectivity index (χ2v) is 5.39. The Morgan fingerprint density at radius 2 is 1.93 bits per heavy atom. The number of nitrogens with two attached hydrogens (primary N) is 1. The summed E-state index contributed by atoms with van der Waals surface area (Å²) < 4.78 is 0. The van der Waals surface area contributed by atoms with E-state index in [-0.39, 0.29) is 17.4 Å². The van der Waals surface area contributed by atoms with Crippen molar-refractivity contribution < 1.29 is 4.79 Å². The Labute approximate surface area is 92.8 Å². The summed E-state index contributed by atoms with van der Waals surface area (Å²) in [5, 5.41) is 2.98. The van der Waals surface area contributed by atoms with Crippen LogP contribution in [0, 0.1) is 11.3 Å². The minimum atomic E-state index is -0.128. The van der Waals surface area contributed by atoms with Gasteiger partial charge in [-0.15, -0.1) is 0 Å². The summed E-state index contributed by atoms with van der Waals surface area (Å²) in [6.07, 6.45) is 4.41. The van der Waals surface area contributed by atoms with Gasteiger partial charge in [0.05, 0.1) is 0 Å². The molecule has 1 saturated carbocycles. The maximum atomic E-state index is 11.9. The lowest BCUT2D eigenvalue weighted by Crippen LogP contribution is -2.45. The fourth-order valence-electron chi connectivity index (χ4n) is 2.04. The zero-order chi connectivity index (χ0) is 11.5. The van der Waals surface area contributed by atoms with E-state index >= 15 is 0 Å². The first-order valence-electron chi connectivity index (χ1n) is 5.99. The van der Waals surface area contributed by atoms with Crippen LogP contribution in [0.2, 0.25) is 0 Å². The van der Waals surface area contributed by atoms with Crippen LogP contribution in [0.4, 0.5) is 0 Å². The van der Waals surface area contributed by atoms with Crippen LogP contribution in [-0.4, -0.2) is 18.5 Å². The Morgan fingerprint density at radius 3 is 2.40 bits per heavy atom. The Hall–Kier alpha value is -0.570. The zero-order valence-corrected chi connectivity index (χ0v) is 10.2. The average molecular weight is 212 g/mol. The third-order valence-corrected chi connectivity index (χ3v) is 3.61. The number of carbonyl (C=O) groups is 1. The molecule has 0 heterocycles. The van der Waals surface area contributed by atoms with Gasteiger partial charge in [-0.25, -0.2) is 0 Å². The van der Waals surface area contributed by atoms with E-state index in [4.69, 9.17) is 5.73 Å². The van der Waals surface area contributed by atoms with Gasteiger partial charge in [-0.1, -0.05) is 33.6 Å². The highest BCUT2D eigenvalue weighted by Gasteiger charge is 2.36. The van der Waals surface area contributed by atoms with Crippen molar-refractivity contribution in [2.24, 2.45) is 17.1 Å². The summed E-state index contributed by atoms with van der Waals surface area (Å²) in [6, 6.07) is 0.0685. The number of nitrogens with one attached hydrogen (secondary N) is 1. The summed E-state index contributed by atoms with van der Waals surface area (Å²) in [5.41, 5.74) is 5.76. The molecule has 0 aromatic carbocycles. The minimum Gasteiger partial charge on any atom is -0.354 e. The summed E-state index contributed by atoms with van der Waals surface area (Å²) >= 11 is 0. The van der Waals surface area contributed by atoms with Gasteiger partial charge in [-0.05, 0) is 18.8 Å². The van der Waals surface area contributed by atoms with Crippen molar-refractivity contribution in [2.75, 3.05) is 6.54 Å². The van der Waals surface area contributed by atoms with Crippen molar-refractivity contribution in [3.63, 3.8) is 0 Å². The van der Waals surface area contributed by atoms with Crippen molar-refractivity contribution >= 4 is 5.91 Å². The molecule has 0 bridgehead atoms. The van der Waals surface area contributed by atoms with Gasteiger partial charge >= 0.3 is 0 Å². The summed E-state index contributed by atoms with van der Waals surface area (Å²) in [5.74, 6) is 0.609. The van der Waals surface area contributed by atoms with Gasteiger partial charge in [0.25, 0.3) is 0 Å². The zero-order valence-electron chi connectivity index (χ0n) is 10.2. The molecule has 0 saturated heterocycles. The Morgan fingerprint density at radius 1 is 1.40 bits per heavy atom. The SMILES string of the molecule is CC(C)C(N)CNC(=O)C1(C)CCCC1. The van der Waals surface area contributed by atoms with E-state index in [0.717, 1.165) is 12.8 Å². The molecule has 1 amide bonds. The normalized spacial score (nSPS) is 21.7. The maximum Gasteiger partial charge on any atom is 0.225 e. The van der Waals surface area contributed by atoms with Crippen LogP contribution in [0.1, 0.15) is 46.5 Å². The smallest absolute Gasteiger partial charge is 0.225 e. The first-order valence-corrected chi connectivity index (χ1v) is 5.99. The molecule has 15 heavy (non-hydrogen) atoms. The van der Waals surface area contributed by atoms with Crippen LogP contribution in [0.15, 0.2) is 0 Å². The predicted molar refractivity (Wildman–Crippen MR) is 62.4 cm³/mol. The lowest BCUT2D eigenvalue weighted by atomic mass is 9.87. The Kier molecular flexibility index (Phi) is 4.14. The number of rotatable bonds is 4. The number of carbonyl (C=O) groups excluding carboxylic acids is 1. The quantitative estimate of drug-likeness (QED) is 0.744. The molecule has 88 valence electrons. The molecule has 1 aliphatic carbocycles. The van der Waals surface area contributed by atoms with E-state index in [1.807, 2.05) is 0 Å². The second-order valence-electron chi connectivity index (χ2n) is 5.39. The molecule has 1 fully saturated rings. The number of amides is 1. The minimum absolute atomic E-state index is 0.0685. The highest BCUT2D eigenvalue weighted by molar-refractivity contribution is 5.82. The van der Waals surface area contributed by atoms with Gasteiger partial charge in [0.15, 0.2) is 0 Å². The molecule has 3 heteroatoms. The maximum absolute atomic E-state index is 11.9. The molecule has 1 atom stereocenters. The molecule has 0 aromatic heterocycles. The summed E-state index contributed by atoms with van der Waals surface area (Å²) in [7, 11) is 0. The van der Waals surface area contributed by atoms with Crippen LogP contribution >= 0.6 is 0 Å². The van der Waals surface area contributed by atoms with Crippen LogP contribution in [0.5, 0.6) is 0 Å². The predicted octanol–water partition coefficient (Wildman–Crippen LogP) is 1.67. The van der Waals surface area contributed by atoms with Crippen molar-refractivity contribution in [1.29, 1.82) is 0 Å². The Balaban J connectivity index is 2.35. The largest absolute Gasteiger partial charge is 0.354 e. The summed E-state index contributed by atoms with van der Waals surface area (Å²) in [6.45, 7) is 6.82. The van der Waals surface area contributed by atoms with Crippen LogP contribution < -0.4 is 11.1 Å². The molecule has 0 radical (unpaired) electrons. The van der Waals surface area contributed by atoms with Gasteiger partial charge < -0.3 is 11.1 Å². The molecular formula is C12H24N2O. The van der Waals surface area contributed by atoms with Crippen molar-refractivity contribution in [2.45, 2.75) is 52.5 Å². The van der Waals surface area contributed by atoms with Gasteiger partial charge in [-0.3, -0.25) is 4.79 Å². The molecule has 3 N–H and O–H groups in total. The monoisotopic (exact) mass is 212 g/mol. The average Bonchev–Trinajstić information content (AvgIpc) is 2.62. The molecule has 1 unspecified atom stereocenters. The van der Waals surface area contributed by atoms with E-state index in [1.54, 1.807) is 0 Å². The number of hydrogen-bond acceptors (Lipinski definition) is 2. The van der Waals surface area contributed by atoms with Crippen LogP contribution in [0.25, 0.3) is 0 Å². The fourth-order valence-corrected chi connectivity index (χ4v) is 2.04. The molecule has 0 aliphatic heterocycles. The van der Waals surface area contributed by atoms with Crippen molar-refractivity contribution in [3.8, 4) is 0 Å². The van der Waals surface area contributed by atoms with Gasteiger partial charge in [0.1, 0.15) is 0 Å². The third-order valence-electron chi connectivity index (χ3n) is 3.61. The molecule has 3 nitrogen and oxygen atoms in total. The number of hydrogen-bond donors (Lipinski definition) is 2. The van der Waals surface area contributed by atoms with Gasteiger partial charge in [0.2, 0.25) is 5.91 Å². The van der Waals surface area contributed by atoms with E-state index in [9.17, 15) is 4.79 Å². The highest BCUT2D eigenvalue weighted by atomic mass is 16.2.